The molecule has 0 spiro atoms. The van der Waals surface area contributed by atoms with Gasteiger partial charge in [-0.2, -0.15) is 0 Å². The number of halogens is 1. The molecule has 21 heavy (non-hydrogen) atoms. The average molecular weight is 326 g/mol. The van der Waals surface area contributed by atoms with E-state index in [0.717, 1.165) is 16.1 Å². The van der Waals surface area contributed by atoms with Crippen LogP contribution >= 0.6 is 23.7 Å². The van der Waals surface area contributed by atoms with Crippen molar-refractivity contribution in [2.45, 2.75) is 19.9 Å². The molecule has 2 N–H and O–H groups in total. The summed E-state index contributed by atoms with van der Waals surface area (Å²) in [5.74, 6) is -0.0842. The third-order valence-electron chi connectivity index (χ3n) is 3.42. The number of aryl methyl sites for hydroxylation is 1. The molecule has 0 aliphatic carbocycles. The summed E-state index contributed by atoms with van der Waals surface area (Å²) in [7, 11) is 1.76. The fourth-order valence-corrected chi connectivity index (χ4v) is 2.73. The Bertz CT molecular complexity index is 614. The van der Waals surface area contributed by atoms with Crippen LogP contribution < -0.4 is 5.73 Å². The molecule has 0 aliphatic rings. The first-order valence-corrected chi connectivity index (χ1v) is 7.41. The number of hydrogen-bond donors (Lipinski definition) is 1. The molecule has 1 heterocycles. The van der Waals surface area contributed by atoms with Gasteiger partial charge in [-0.1, -0.05) is 24.3 Å². The molecule has 2 rings (SSSR count). The maximum atomic E-state index is 12.3. The topological polar surface area (TPSA) is 59.2 Å². The fraction of sp³-hybridized carbons (Fsp3) is 0.333. The van der Waals surface area contributed by atoms with Crippen LogP contribution in [0.25, 0.3) is 10.6 Å². The average Bonchev–Trinajstić information content (AvgIpc) is 2.94. The highest BCUT2D eigenvalue weighted by molar-refractivity contribution is 7.13. The number of aromatic nitrogens is 1. The Balaban J connectivity index is 0.00000220. The summed E-state index contributed by atoms with van der Waals surface area (Å²) >= 11 is 1.49. The van der Waals surface area contributed by atoms with E-state index in [-0.39, 0.29) is 24.4 Å². The summed E-state index contributed by atoms with van der Waals surface area (Å²) in [5, 5.41) is 2.68. The van der Waals surface area contributed by atoms with Crippen LogP contribution in [0, 0.1) is 6.92 Å². The van der Waals surface area contributed by atoms with Gasteiger partial charge in [-0.25, -0.2) is 4.98 Å². The number of benzene rings is 1. The van der Waals surface area contributed by atoms with Crippen LogP contribution in [0.4, 0.5) is 0 Å². The van der Waals surface area contributed by atoms with Crippen LogP contribution in [0.5, 0.6) is 0 Å². The van der Waals surface area contributed by atoms with Gasteiger partial charge in [0.2, 0.25) is 0 Å². The third-order valence-corrected chi connectivity index (χ3v) is 4.30. The van der Waals surface area contributed by atoms with E-state index in [1.54, 1.807) is 11.9 Å². The summed E-state index contributed by atoms with van der Waals surface area (Å²) < 4.78 is 0. The number of nitrogens with two attached hydrogens (primary N) is 1. The quantitative estimate of drug-likeness (QED) is 0.940. The Kier molecular flexibility index (Phi) is 6.33. The van der Waals surface area contributed by atoms with Gasteiger partial charge in [0.15, 0.2) is 0 Å². The summed E-state index contributed by atoms with van der Waals surface area (Å²) in [6, 6.07) is 8.05. The van der Waals surface area contributed by atoms with Crippen molar-refractivity contribution in [3.63, 3.8) is 0 Å². The third kappa shape index (κ3) is 3.81. The Morgan fingerprint density at radius 3 is 2.71 bits per heavy atom. The maximum Gasteiger partial charge on any atom is 0.273 e. The zero-order valence-corrected chi connectivity index (χ0v) is 14.0. The monoisotopic (exact) mass is 325 g/mol. The molecule has 1 aromatic carbocycles. The predicted molar refractivity (Wildman–Crippen MR) is 90.1 cm³/mol. The molecule has 1 unspecified atom stereocenters. The molecule has 0 saturated carbocycles. The van der Waals surface area contributed by atoms with Crippen LogP contribution in [0.1, 0.15) is 23.0 Å². The molecular weight excluding hydrogens is 306 g/mol. The predicted octanol–water partition coefficient (Wildman–Crippen LogP) is 2.96. The number of hydrogen-bond acceptors (Lipinski definition) is 4. The summed E-state index contributed by atoms with van der Waals surface area (Å²) in [4.78, 5) is 18.4. The zero-order chi connectivity index (χ0) is 14.7. The fourth-order valence-electron chi connectivity index (χ4n) is 1.85. The van der Waals surface area contributed by atoms with Gasteiger partial charge in [0.05, 0.1) is 0 Å². The molecule has 114 valence electrons. The molecule has 6 heteroatoms. The van der Waals surface area contributed by atoms with Crippen LogP contribution in [0.3, 0.4) is 0 Å². The number of thiazole rings is 1. The van der Waals surface area contributed by atoms with Gasteiger partial charge in [0.1, 0.15) is 10.7 Å². The van der Waals surface area contributed by atoms with E-state index >= 15 is 0 Å². The zero-order valence-electron chi connectivity index (χ0n) is 12.4. The largest absolute Gasteiger partial charge is 0.336 e. The number of likely N-dealkylation sites (N-methyl/N-ethyl adjacent to an activating group) is 1. The van der Waals surface area contributed by atoms with E-state index in [1.807, 2.05) is 43.5 Å². The molecular formula is C15H20ClN3OS. The SMILES string of the molecule is Cc1ccccc1-c1nc(C(=O)N(C)C(C)CN)cs1.Cl. The van der Waals surface area contributed by atoms with Gasteiger partial charge in [0.25, 0.3) is 5.91 Å². The van der Waals surface area contributed by atoms with Crippen molar-refractivity contribution < 1.29 is 4.79 Å². The molecule has 0 bridgehead atoms. The molecule has 2 aromatic rings. The van der Waals surface area contributed by atoms with Crippen molar-refractivity contribution in [3.8, 4) is 10.6 Å². The van der Waals surface area contributed by atoms with Gasteiger partial charge < -0.3 is 10.6 Å². The highest BCUT2D eigenvalue weighted by Crippen LogP contribution is 2.27. The van der Waals surface area contributed by atoms with E-state index in [4.69, 9.17) is 5.73 Å². The first-order valence-electron chi connectivity index (χ1n) is 6.53. The van der Waals surface area contributed by atoms with Gasteiger partial charge in [-0.15, -0.1) is 23.7 Å². The van der Waals surface area contributed by atoms with Gasteiger partial charge >= 0.3 is 0 Å². The first-order chi connectivity index (χ1) is 9.54. The van der Waals surface area contributed by atoms with Gasteiger partial charge in [0, 0.05) is 30.6 Å². The van der Waals surface area contributed by atoms with Gasteiger partial charge in [-0.05, 0) is 19.4 Å². The Morgan fingerprint density at radius 1 is 1.43 bits per heavy atom. The molecule has 4 nitrogen and oxygen atoms in total. The highest BCUT2D eigenvalue weighted by Gasteiger charge is 2.19. The minimum Gasteiger partial charge on any atom is -0.336 e. The normalized spacial score (nSPS) is 11.6. The van der Waals surface area contributed by atoms with E-state index in [1.165, 1.54) is 11.3 Å². The number of rotatable bonds is 4. The van der Waals surface area contributed by atoms with Crippen molar-refractivity contribution in [1.29, 1.82) is 0 Å². The van der Waals surface area contributed by atoms with Crippen LogP contribution in [0.2, 0.25) is 0 Å². The smallest absolute Gasteiger partial charge is 0.273 e. The van der Waals surface area contributed by atoms with E-state index in [0.29, 0.717) is 12.2 Å². The lowest BCUT2D eigenvalue weighted by molar-refractivity contribution is 0.0743. The molecule has 0 radical (unpaired) electrons. The van der Waals surface area contributed by atoms with Crippen molar-refractivity contribution in [2.24, 2.45) is 5.73 Å². The number of carbonyl (C=O) groups excluding carboxylic acids is 1. The Morgan fingerprint density at radius 2 is 2.10 bits per heavy atom. The molecule has 0 saturated heterocycles. The summed E-state index contributed by atoms with van der Waals surface area (Å²) in [5.41, 5.74) is 8.31. The number of amides is 1. The summed E-state index contributed by atoms with van der Waals surface area (Å²) in [6.07, 6.45) is 0. The van der Waals surface area contributed by atoms with E-state index in [9.17, 15) is 4.79 Å². The summed E-state index contributed by atoms with van der Waals surface area (Å²) in [6.45, 7) is 4.41. The lowest BCUT2D eigenvalue weighted by Gasteiger charge is -2.22. The Hall–Kier alpha value is -1.43. The van der Waals surface area contributed by atoms with Crippen molar-refractivity contribution in [2.75, 3.05) is 13.6 Å². The Labute approximate surface area is 135 Å². The highest BCUT2D eigenvalue weighted by atomic mass is 35.5. The molecule has 1 atom stereocenters. The first kappa shape index (κ1) is 17.6. The second kappa shape index (κ2) is 7.54. The van der Waals surface area contributed by atoms with Crippen LogP contribution in [-0.4, -0.2) is 35.4 Å². The minimum absolute atomic E-state index is 0. The van der Waals surface area contributed by atoms with Crippen LogP contribution in [-0.2, 0) is 0 Å². The standard InChI is InChI=1S/C15H19N3OS.ClH/c1-10-6-4-5-7-12(10)14-17-13(9-20-14)15(19)18(3)11(2)8-16;/h4-7,9,11H,8,16H2,1-3H3;1H. The lowest BCUT2D eigenvalue weighted by Crippen LogP contribution is -2.39. The molecule has 0 aliphatic heterocycles. The van der Waals surface area contributed by atoms with Crippen LogP contribution in [0.15, 0.2) is 29.6 Å². The second-order valence-electron chi connectivity index (χ2n) is 4.85. The second-order valence-corrected chi connectivity index (χ2v) is 5.71. The van der Waals surface area contributed by atoms with Crippen molar-refractivity contribution in [3.05, 3.63) is 40.9 Å². The van der Waals surface area contributed by atoms with E-state index < -0.39 is 0 Å². The molecule has 1 aromatic heterocycles. The van der Waals surface area contributed by atoms with Gasteiger partial charge in [-0.3, -0.25) is 4.79 Å². The lowest BCUT2D eigenvalue weighted by atomic mass is 10.1. The van der Waals surface area contributed by atoms with Crippen molar-refractivity contribution in [1.82, 2.24) is 9.88 Å². The minimum atomic E-state index is -0.0842. The number of carbonyl (C=O) groups is 1. The molecule has 1 amide bonds. The number of nitrogens with zero attached hydrogens (tertiary/aromatic N) is 2. The maximum absolute atomic E-state index is 12.3. The van der Waals surface area contributed by atoms with E-state index in [2.05, 4.69) is 4.98 Å². The van der Waals surface area contributed by atoms with Crippen molar-refractivity contribution >= 4 is 29.7 Å². The molecule has 0 fully saturated rings.